The van der Waals surface area contributed by atoms with E-state index < -0.39 is 0 Å². The first-order valence-corrected chi connectivity index (χ1v) is 8.52. The fourth-order valence-corrected chi connectivity index (χ4v) is 2.76. The van der Waals surface area contributed by atoms with Crippen molar-refractivity contribution in [1.29, 1.82) is 0 Å². The molecule has 23 heavy (non-hydrogen) atoms. The van der Waals surface area contributed by atoms with E-state index in [-0.39, 0.29) is 23.8 Å². The second-order valence-electron chi connectivity index (χ2n) is 5.76. The molecule has 6 nitrogen and oxygen atoms in total. The Morgan fingerprint density at radius 2 is 2.13 bits per heavy atom. The van der Waals surface area contributed by atoms with Crippen molar-refractivity contribution in [2.45, 2.75) is 32.3 Å². The summed E-state index contributed by atoms with van der Waals surface area (Å²) >= 11 is 3.31. The first-order chi connectivity index (χ1) is 11.0. The maximum atomic E-state index is 12.3. The molecule has 0 spiro atoms. The number of anilines is 1. The summed E-state index contributed by atoms with van der Waals surface area (Å²) in [7, 11) is 1.60. The summed E-state index contributed by atoms with van der Waals surface area (Å²) in [6, 6.07) is 3.59. The molecule has 0 bridgehead atoms. The van der Waals surface area contributed by atoms with Crippen molar-refractivity contribution in [3.8, 4) is 0 Å². The maximum absolute atomic E-state index is 12.3. The standard InChI is InChI=1S/C16H22BrN3O3/c1-11(23-2)9-15(21)20-7-5-12(6-8-20)16(22)19-14-4-3-13(17)10-18-14/h3-4,10-12H,5-9H2,1-2H3,(H,18,19,22). The number of hydrogen-bond acceptors (Lipinski definition) is 4. The van der Waals surface area contributed by atoms with Crippen molar-refractivity contribution in [2.24, 2.45) is 5.92 Å². The van der Waals surface area contributed by atoms with Gasteiger partial charge in [0.15, 0.2) is 0 Å². The first kappa shape index (κ1) is 17.9. The van der Waals surface area contributed by atoms with Gasteiger partial charge in [0.1, 0.15) is 5.82 Å². The molecule has 0 aromatic carbocycles. The lowest BCUT2D eigenvalue weighted by atomic mass is 9.95. The van der Waals surface area contributed by atoms with E-state index in [2.05, 4.69) is 26.2 Å². The largest absolute Gasteiger partial charge is 0.381 e. The number of amides is 2. The minimum Gasteiger partial charge on any atom is -0.381 e. The molecule has 126 valence electrons. The summed E-state index contributed by atoms with van der Waals surface area (Å²) < 4.78 is 5.99. The zero-order valence-corrected chi connectivity index (χ0v) is 15.0. The summed E-state index contributed by atoms with van der Waals surface area (Å²) in [4.78, 5) is 30.3. The van der Waals surface area contributed by atoms with E-state index in [1.807, 2.05) is 17.9 Å². The smallest absolute Gasteiger partial charge is 0.228 e. The monoisotopic (exact) mass is 383 g/mol. The van der Waals surface area contributed by atoms with Crippen LogP contribution >= 0.6 is 15.9 Å². The highest BCUT2D eigenvalue weighted by atomic mass is 79.9. The van der Waals surface area contributed by atoms with Gasteiger partial charge < -0.3 is 15.0 Å². The van der Waals surface area contributed by atoms with Crippen LogP contribution in [0.1, 0.15) is 26.2 Å². The van der Waals surface area contributed by atoms with Crippen LogP contribution in [0.2, 0.25) is 0 Å². The Morgan fingerprint density at radius 3 is 2.70 bits per heavy atom. The van der Waals surface area contributed by atoms with Crippen molar-refractivity contribution >= 4 is 33.6 Å². The van der Waals surface area contributed by atoms with Crippen LogP contribution in [0.3, 0.4) is 0 Å². The lowest BCUT2D eigenvalue weighted by molar-refractivity contribution is -0.136. The number of piperidine rings is 1. The van der Waals surface area contributed by atoms with Gasteiger partial charge in [-0.05, 0) is 47.8 Å². The van der Waals surface area contributed by atoms with Crippen molar-refractivity contribution in [3.05, 3.63) is 22.8 Å². The Labute approximate surface area is 144 Å². The number of likely N-dealkylation sites (tertiary alicyclic amines) is 1. The van der Waals surface area contributed by atoms with E-state index in [0.717, 1.165) is 4.47 Å². The number of carbonyl (C=O) groups excluding carboxylic acids is 2. The Bertz CT molecular complexity index is 542. The minimum absolute atomic E-state index is 0.0304. The highest BCUT2D eigenvalue weighted by Crippen LogP contribution is 2.20. The third-order valence-corrected chi connectivity index (χ3v) is 4.53. The number of methoxy groups -OCH3 is 1. The summed E-state index contributed by atoms with van der Waals surface area (Å²) in [6.45, 7) is 3.10. The van der Waals surface area contributed by atoms with Crippen LogP contribution in [0, 0.1) is 5.92 Å². The number of carbonyl (C=O) groups is 2. The summed E-state index contributed by atoms with van der Waals surface area (Å²) in [6.07, 6.45) is 3.31. The second kappa shape index (κ2) is 8.40. The Morgan fingerprint density at radius 1 is 1.43 bits per heavy atom. The molecule has 0 saturated carbocycles. The number of nitrogens with zero attached hydrogens (tertiary/aromatic N) is 2. The number of aromatic nitrogens is 1. The molecular formula is C16H22BrN3O3. The van der Waals surface area contributed by atoms with Crippen molar-refractivity contribution in [1.82, 2.24) is 9.88 Å². The maximum Gasteiger partial charge on any atom is 0.228 e. The summed E-state index contributed by atoms with van der Waals surface area (Å²) in [5.74, 6) is 0.528. The van der Waals surface area contributed by atoms with Gasteiger partial charge in [0.05, 0.1) is 12.5 Å². The number of halogens is 1. The predicted octanol–water partition coefficient (Wildman–Crippen LogP) is 2.45. The predicted molar refractivity (Wildman–Crippen MR) is 91.0 cm³/mol. The van der Waals surface area contributed by atoms with Crippen molar-refractivity contribution < 1.29 is 14.3 Å². The molecule has 1 saturated heterocycles. The van der Waals surface area contributed by atoms with Crippen LogP contribution < -0.4 is 5.32 Å². The number of hydrogen-bond donors (Lipinski definition) is 1. The molecule has 0 aliphatic carbocycles. The molecule has 2 rings (SSSR count). The quantitative estimate of drug-likeness (QED) is 0.847. The fraction of sp³-hybridized carbons (Fsp3) is 0.562. The van der Waals surface area contributed by atoms with E-state index in [9.17, 15) is 9.59 Å². The Balaban J connectivity index is 1.80. The molecule has 2 amide bonds. The van der Waals surface area contributed by atoms with Gasteiger partial charge >= 0.3 is 0 Å². The van der Waals surface area contributed by atoms with E-state index >= 15 is 0 Å². The molecule has 1 aliphatic heterocycles. The number of nitrogens with one attached hydrogen (secondary N) is 1. The molecular weight excluding hydrogens is 362 g/mol. The van der Waals surface area contributed by atoms with Crippen molar-refractivity contribution in [2.75, 3.05) is 25.5 Å². The van der Waals surface area contributed by atoms with Crippen molar-refractivity contribution in [3.63, 3.8) is 0 Å². The molecule has 1 aromatic heterocycles. The molecule has 2 heterocycles. The van der Waals surface area contributed by atoms with Gasteiger partial charge in [0.2, 0.25) is 11.8 Å². The normalized spacial score (nSPS) is 16.9. The van der Waals surface area contributed by atoms with Crippen LogP contribution in [0.4, 0.5) is 5.82 Å². The average Bonchev–Trinajstić information content (AvgIpc) is 2.56. The van der Waals surface area contributed by atoms with Gasteiger partial charge in [-0.3, -0.25) is 9.59 Å². The lowest BCUT2D eigenvalue weighted by Crippen LogP contribution is -2.42. The third-order valence-electron chi connectivity index (χ3n) is 4.06. The SMILES string of the molecule is COC(C)CC(=O)N1CCC(C(=O)Nc2ccc(Br)cn2)CC1. The fourth-order valence-electron chi connectivity index (χ4n) is 2.53. The van der Waals surface area contributed by atoms with Gasteiger partial charge in [0.25, 0.3) is 0 Å². The number of rotatable bonds is 5. The minimum atomic E-state index is -0.0793. The van der Waals surface area contributed by atoms with Gasteiger partial charge in [-0.25, -0.2) is 4.98 Å². The van der Waals surface area contributed by atoms with E-state index in [0.29, 0.717) is 38.2 Å². The van der Waals surface area contributed by atoms with Gasteiger partial charge in [-0.1, -0.05) is 0 Å². The van der Waals surface area contributed by atoms with Crippen LogP contribution in [0.5, 0.6) is 0 Å². The lowest BCUT2D eigenvalue weighted by Gasteiger charge is -2.31. The topological polar surface area (TPSA) is 71.5 Å². The zero-order chi connectivity index (χ0) is 16.8. The van der Waals surface area contributed by atoms with Crippen LogP contribution in [0.15, 0.2) is 22.8 Å². The van der Waals surface area contributed by atoms with Gasteiger partial charge in [0, 0.05) is 36.8 Å². The molecule has 0 radical (unpaired) electrons. The van der Waals surface area contributed by atoms with E-state index in [4.69, 9.17) is 4.74 Å². The second-order valence-corrected chi connectivity index (χ2v) is 6.67. The molecule has 1 N–H and O–H groups in total. The average molecular weight is 384 g/mol. The molecule has 7 heteroatoms. The molecule has 1 fully saturated rings. The molecule has 1 atom stereocenters. The highest BCUT2D eigenvalue weighted by Gasteiger charge is 2.28. The van der Waals surface area contributed by atoms with Crippen LogP contribution in [-0.4, -0.2) is 48.0 Å². The Hall–Kier alpha value is -1.47. The summed E-state index contributed by atoms with van der Waals surface area (Å²) in [5, 5.41) is 2.83. The number of ether oxygens (including phenoxy) is 1. The molecule has 1 unspecified atom stereocenters. The van der Waals surface area contributed by atoms with E-state index in [1.54, 1.807) is 19.4 Å². The highest BCUT2D eigenvalue weighted by molar-refractivity contribution is 9.10. The molecule has 1 aliphatic rings. The van der Waals surface area contributed by atoms with Gasteiger partial charge in [-0.15, -0.1) is 0 Å². The van der Waals surface area contributed by atoms with Gasteiger partial charge in [-0.2, -0.15) is 0 Å². The van der Waals surface area contributed by atoms with Crippen LogP contribution in [0.25, 0.3) is 0 Å². The van der Waals surface area contributed by atoms with E-state index in [1.165, 1.54) is 0 Å². The Kier molecular flexibility index (Phi) is 6.53. The third kappa shape index (κ3) is 5.28. The molecule has 1 aromatic rings. The summed E-state index contributed by atoms with van der Waals surface area (Å²) in [5.41, 5.74) is 0. The first-order valence-electron chi connectivity index (χ1n) is 7.72. The van der Waals surface area contributed by atoms with Crippen LogP contribution in [-0.2, 0) is 14.3 Å². The number of pyridine rings is 1. The zero-order valence-electron chi connectivity index (χ0n) is 13.4.